The lowest BCUT2D eigenvalue weighted by atomic mass is 9.88. The van der Waals surface area contributed by atoms with Gasteiger partial charge >= 0.3 is 0 Å². The van der Waals surface area contributed by atoms with Gasteiger partial charge in [0.15, 0.2) is 0 Å². The van der Waals surface area contributed by atoms with E-state index in [0.29, 0.717) is 5.56 Å². The van der Waals surface area contributed by atoms with Crippen molar-refractivity contribution < 1.29 is 19.1 Å². The summed E-state index contributed by atoms with van der Waals surface area (Å²) in [6, 6.07) is 8.26. The fourth-order valence-corrected chi connectivity index (χ4v) is 2.70. The van der Waals surface area contributed by atoms with E-state index in [9.17, 15) is 14.0 Å². The van der Waals surface area contributed by atoms with Gasteiger partial charge in [0.1, 0.15) is 11.6 Å². The Balaban J connectivity index is 1.76. The Morgan fingerprint density at radius 1 is 1.33 bits per heavy atom. The van der Waals surface area contributed by atoms with E-state index in [2.05, 4.69) is 0 Å². The number of amides is 1. The number of nitrogens with zero attached hydrogens (tertiary/aromatic N) is 1. The van der Waals surface area contributed by atoms with Gasteiger partial charge in [0, 0.05) is 29.8 Å². The molecule has 0 aliphatic heterocycles. The molecule has 0 unspecified atom stereocenters. The van der Waals surface area contributed by atoms with Crippen LogP contribution in [0.2, 0.25) is 0 Å². The van der Waals surface area contributed by atoms with E-state index in [1.807, 2.05) is 0 Å². The van der Waals surface area contributed by atoms with Crippen LogP contribution in [0.5, 0.6) is 5.75 Å². The zero-order valence-electron chi connectivity index (χ0n) is 15.4. The maximum Gasteiger partial charge on any atom is 0.251 e. The van der Waals surface area contributed by atoms with Gasteiger partial charge in [0.25, 0.3) is 5.56 Å². The van der Waals surface area contributed by atoms with Crippen LogP contribution in [0.1, 0.15) is 33.1 Å². The molecule has 2 N–H and O–H groups in total. The topological polar surface area (TPSA) is 80.6 Å². The van der Waals surface area contributed by atoms with E-state index >= 15 is 0 Å². The van der Waals surface area contributed by atoms with Crippen LogP contribution in [0.3, 0.4) is 0 Å². The second-order valence-corrected chi connectivity index (χ2v) is 7.48. The second-order valence-electron chi connectivity index (χ2n) is 7.48. The molecule has 1 saturated carbocycles. The average molecular weight is 374 g/mol. The highest BCUT2D eigenvalue weighted by atomic mass is 19.1. The van der Waals surface area contributed by atoms with Gasteiger partial charge < -0.3 is 9.30 Å². The van der Waals surface area contributed by atoms with E-state index in [4.69, 9.17) is 9.94 Å². The van der Waals surface area contributed by atoms with E-state index in [1.54, 1.807) is 43.6 Å². The molecule has 6 nitrogen and oxygen atoms in total. The second kappa shape index (κ2) is 7.52. The minimum atomic E-state index is -0.888. The lowest BCUT2D eigenvalue weighted by Gasteiger charge is -2.22. The van der Waals surface area contributed by atoms with Gasteiger partial charge in [-0.2, -0.15) is 0 Å². The summed E-state index contributed by atoms with van der Waals surface area (Å²) in [5, 5.41) is 8.76. The Morgan fingerprint density at radius 3 is 2.59 bits per heavy atom. The number of carbonyl (C=O) groups excluding carboxylic acids is 1. The predicted molar refractivity (Wildman–Crippen MR) is 98.1 cm³/mol. The van der Waals surface area contributed by atoms with Crippen LogP contribution in [-0.4, -0.2) is 21.8 Å². The Kier molecular flexibility index (Phi) is 5.32. The van der Waals surface area contributed by atoms with Crippen molar-refractivity contribution in [3.05, 3.63) is 52.7 Å². The maximum atomic E-state index is 14.6. The van der Waals surface area contributed by atoms with Crippen LogP contribution in [0.15, 0.2) is 41.3 Å². The fourth-order valence-electron chi connectivity index (χ4n) is 2.70. The lowest BCUT2D eigenvalue weighted by Crippen LogP contribution is -2.36. The predicted octanol–water partition coefficient (Wildman–Crippen LogP) is 3.12. The summed E-state index contributed by atoms with van der Waals surface area (Å²) in [5.74, 6) is -0.338. The highest BCUT2D eigenvalue weighted by molar-refractivity contribution is 5.80. The van der Waals surface area contributed by atoms with Crippen LogP contribution in [-0.2, 0) is 11.3 Å². The van der Waals surface area contributed by atoms with Crippen LogP contribution in [0.25, 0.3) is 11.1 Å². The van der Waals surface area contributed by atoms with E-state index < -0.39 is 17.1 Å². The first-order chi connectivity index (χ1) is 12.8. The standard InChI is InChI=1S/C20H23FN2O4/c1-20(2,19(25)22-26)9-10-23-12-17(21)16(11-18(23)24)13-3-5-14(6-4-13)27-15-7-8-15/h3-6,11-12,15,26H,7-10H2,1-2H3,(H,22,25). The van der Waals surface area contributed by atoms with Gasteiger partial charge in [0.2, 0.25) is 5.91 Å². The molecule has 1 aromatic carbocycles. The largest absolute Gasteiger partial charge is 0.490 e. The molecule has 0 spiro atoms. The first kappa shape index (κ1) is 19.1. The quantitative estimate of drug-likeness (QED) is 0.576. The zero-order chi connectivity index (χ0) is 19.6. The van der Waals surface area contributed by atoms with Crippen molar-refractivity contribution in [2.24, 2.45) is 5.41 Å². The molecule has 0 radical (unpaired) electrons. The highest BCUT2D eigenvalue weighted by Crippen LogP contribution is 2.29. The summed E-state index contributed by atoms with van der Waals surface area (Å²) in [6.07, 6.45) is 3.83. The van der Waals surface area contributed by atoms with E-state index in [1.165, 1.54) is 10.6 Å². The van der Waals surface area contributed by atoms with Crippen LogP contribution < -0.4 is 15.8 Å². The monoisotopic (exact) mass is 374 g/mol. The summed E-state index contributed by atoms with van der Waals surface area (Å²) in [4.78, 5) is 24.0. The Bertz CT molecular complexity index is 886. The van der Waals surface area contributed by atoms with Gasteiger partial charge in [-0.05, 0) is 37.0 Å². The number of hydrogen-bond acceptors (Lipinski definition) is 4. The van der Waals surface area contributed by atoms with Crippen molar-refractivity contribution in [3.8, 4) is 16.9 Å². The molecule has 0 atom stereocenters. The number of pyridine rings is 1. The third-order valence-electron chi connectivity index (χ3n) is 4.76. The molecule has 1 heterocycles. The molecule has 1 aliphatic rings. The minimum absolute atomic E-state index is 0.157. The number of rotatable bonds is 7. The molecule has 0 saturated heterocycles. The van der Waals surface area contributed by atoms with Gasteiger partial charge in [-0.15, -0.1) is 0 Å². The summed E-state index contributed by atoms with van der Waals surface area (Å²) in [5.41, 5.74) is 1.18. The number of halogens is 1. The summed E-state index contributed by atoms with van der Waals surface area (Å²) >= 11 is 0. The third kappa shape index (κ3) is 4.54. The molecule has 2 aromatic rings. The third-order valence-corrected chi connectivity index (χ3v) is 4.76. The molecule has 7 heteroatoms. The number of hydroxylamine groups is 1. The molecule has 1 aliphatic carbocycles. The van der Waals surface area contributed by atoms with Crippen molar-refractivity contribution in [3.63, 3.8) is 0 Å². The molecule has 1 fully saturated rings. The Hall–Kier alpha value is -2.67. The number of hydrogen-bond donors (Lipinski definition) is 2. The highest BCUT2D eigenvalue weighted by Gasteiger charge is 2.27. The molecule has 0 bridgehead atoms. The zero-order valence-corrected chi connectivity index (χ0v) is 15.4. The normalized spacial score (nSPS) is 14.1. The first-order valence-corrected chi connectivity index (χ1v) is 8.92. The average Bonchev–Trinajstić information content (AvgIpc) is 3.46. The number of aryl methyl sites for hydroxylation is 1. The van der Waals surface area contributed by atoms with Crippen molar-refractivity contribution in [1.82, 2.24) is 10.0 Å². The summed E-state index contributed by atoms with van der Waals surface area (Å²) < 4.78 is 21.5. The molecular weight excluding hydrogens is 351 g/mol. The van der Waals surface area contributed by atoms with Crippen molar-refractivity contribution in [1.29, 1.82) is 0 Å². The SMILES string of the molecule is CC(C)(CCn1cc(F)c(-c2ccc(OC3CC3)cc2)cc1=O)C(=O)NO. The maximum absolute atomic E-state index is 14.6. The molecule has 144 valence electrons. The molecule has 1 amide bonds. The molecule has 27 heavy (non-hydrogen) atoms. The smallest absolute Gasteiger partial charge is 0.251 e. The van der Waals surface area contributed by atoms with Gasteiger partial charge in [0.05, 0.1) is 6.10 Å². The minimum Gasteiger partial charge on any atom is -0.490 e. The van der Waals surface area contributed by atoms with Crippen LogP contribution in [0, 0.1) is 11.2 Å². The number of benzene rings is 1. The molecular formula is C20H23FN2O4. The van der Waals surface area contributed by atoms with Crippen molar-refractivity contribution >= 4 is 5.91 Å². The van der Waals surface area contributed by atoms with Crippen molar-refractivity contribution in [2.75, 3.05) is 0 Å². The van der Waals surface area contributed by atoms with E-state index in [0.717, 1.165) is 24.8 Å². The van der Waals surface area contributed by atoms with Gasteiger partial charge in [-0.3, -0.25) is 14.8 Å². The summed E-state index contributed by atoms with van der Waals surface area (Å²) in [6.45, 7) is 3.43. The van der Waals surface area contributed by atoms with Gasteiger partial charge in [-0.1, -0.05) is 26.0 Å². The van der Waals surface area contributed by atoms with Gasteiger partial charge in [-0.25, -0.2) is 9.87 Å². The summed E-state index contributed by atoms with van der Waals surface area (Å²) in [7, 11) is 0. The molecule has 1 aromatic heterocycles. The number of ether oxygens (including phenoxy) is 1. The number of aromatic nitrogens is 1. The number of carbonyl (C=O) groups is 1. The number of nitrogens with one attached hydrogen (secondary N) is 1. The van der Waals surface area contributed by atoms with E-state index in [-0.39, 0.29) is 30.2 Å². The van der Waals surface area contributed by atoms with Crippen LogP contribution in [0.4, 0.5) is 4.39 Å². The fraction of sp³-hybridized carbons (Fsp3) is 0.400. The first-order valence-electron chi connectivity index (χ1n) is 8.92. The lowest BCUT2D eigenvalue weighted by molar-refractivity contribution is -0.138. The Morgan fingerprint density at radius 2 is 2.00 bits per heavy atom. The van der Waals surface area contributed by atoms with Crippen molar-refractivity contribution in [2.45, 2.75) is 45.8 Å². The Labute approximate surface area is 156 Å². The van der Waals surface area contributed by atoms with Crippen LogP contribution >= 0.6 is 0 Å². The molecule has 3 rings (SSSR count).